The Morgan fingerprint density at radius 2 is 1.96 bits per heavy atom. The first-order valence-electron chi connectivity index (χ1n) is 7.04. The molecule has 0 unspecified atom stereocenters. The largest absolute Gasteiger partial charge is 0.382 e. The number of benzene rings is 2. The first-order valence-corrected chi connectivity index (χ1v) is 8.24. The van der Waals surface area contributed by atoms with Gasteiger partial charge in [0.25, 0.3) is 0 Å². The normalized spacial score (nSPS) is 10.6. The van der Waals surface area contributed by atoms with Crippen molar-refractivity contribution >= 4 is 45.4 Å². The second-order valence-corrected chi connectivity index (χ2v) is 6.51. The number of carbonyl (C=O) groups excluding carboxylic acids is 1. The Bertz CT molecular complexity index is 909. The third-order valence-corrected chi connectivity index (χ3v) is 4.87. The van der Waals surface area contributed by atoms with Crippen molar-refractivity contribution in [3.8, 4) is 0 Å². The molecular formula is C17H13ClFN3OS. The smallest absolute Gasteiger partial charge is 0.206 e. The van der Waals surface area contributed by atoms with Crippen LogP contribution in [0.5, 0.6) is 0 Å². The van der Waals surface area contributed by atoms with Gasteiger partial charge in [0.1, 0.15) is 16.5 Å². The minimum absolute atomic E-state index is 0.136. The molecule has 0 aliphatic carbocycles. The summed E-state index contributed by atoms with van der Waals surface area (Å²) in [6, 6.07) is 10.8. The summed E-state index contributed by atoms with van der Waals surface area (Å²) in [5.41, 5.74) is 7.89. The van der Waals surface area contributed by atoms with E-state index in [1.807, 2.05) is 19.1 Å². The minimum Gasteiger partial charge on any atom is -0.382 e. The average molecular weight is 362 g/mol. The maximum absolute atomic E-state index is 13.0. The van der Waals surface area contributed by atoms with Gasteiger partial charge in [-0.15, -0.1) is 0 Å². The lowest BCUT2D eigenvalue weighted by Crippen LogP contribution is -2.02. The van der Waals surface area contributed by atoms with E-state index in [0.717, 1.165) is 22.6 Å². The van der Waals surface area contributed by atoms with Gasteiger partial charge in [0.15, 0.2) is 5.13 Å². The van der Waals surface area contributed by atoms with Crippen molar-refractivity contribution in [2.24, 2.45) is 0 Å². The van der Waals surface area contributed by atoms with Crippen molar-refractivity contribution in [3.63, 3.8) is 0 Å². The Morgan fingerprint density at radius 1 is 1.25 bits per heavy atom. The van der Waals surface area contributed by atoms with Crippen LogP contribution in [0.3, 0.4) is 0 Å². The molecule has 122 valence electrons. The van der Waals surface area contributed by atoms with Gasteiger partial charge < -0.3 is 11.1 Å². The quantitative estimate of drug-likeness (QED) is 0.655. The van der Waals surface area contributed by atoms with E-state index in [4.69, 9.17) is 17.3 Å². The van der Waals surface area contributed by atoms with Crippen molar-refractivity contribution in [1.82, 2.24) is 4.98 Å². The number of rotatable bonds is 4. The molecule has 0 spiro atoms. The molecule has 1 heterocycles. The molecule has 0 aliphatic heterocycles. The van der Waals surface area contributed by atoms with E-state index in [9.17, 15) is 9.18 Å². The number of nitrogens with two attached hydrogens (primary N) is 1. The van der Waals surface area contributed by atoms with Crippen LogP contribution in [-0.2, 0) is 0 Å². The standard InChI is InChI=1S/C17H13ClFN3OS/c1-9-12(18)3-2-4-13(9)21-17-22-16(20)15(24-17)14(23)10-5-7-11(19)8-6-10/h2-8H,20H2,1H3,(H,21,22). The van der Waals surface area contributed by atoms with Crippen LogP contribution in [0.15, 0.2) is 42.5 Å². The molecule has 2 aromatic carbocycles. The van der Waals surface area contributed by atoms with Crippen LogP contribution < -0.4 is 11.1 Å². The maximum atomic E-state index is 13.0. The van der Waals surface area contributed by atoms with Gasteiger partial charge in [0.05, 0.1) is 0 Å². The molecule has 7 heteroatoms. The van der Waals surface area contributed by atoms with E-state index in [1.54, 1.807) is 6.07 Å². The molecule has 0 radical (unpaired) electrons. The molecule has 4 nitrogen and oxygen atoms in total. The fourth-order valence-electron chi connectivity index (χ4n) is 2.14. The highest BCUT2D eigenvalue weighted by Gasteiger charge is 2.18. The van der Waals surface area contributed by atoms with Gasteiger partial charge in [-0.2, -0.15) is 0 Å². The molecule has 24 heavy (non-hydrogen) atoms. The van der Waals surface area contributed by atoms with E-state index in [2.05, 4.69) is 10.3 Å². The molecule has 0 saturated carbocycles. The molecule has 3 N–H and O–H groups in total. The molecule has 0 amide bonds. The number of halogens is 2. The van der Waals surface area contributed by atoms with Crippen molar-refractivity contribution in [2.75, 3.05) is 11.1 Å². The summed E-state index contributed by atoms with van der Waals surface area (Å²) in [4.78, 5) is 17.0. The van der Waals surface area contributed by atoms with Crippen LogP contribution >= 0.6 is 22.9 Å². The van der Waals surface area contributed by atoms with E-state index in [-0.39, 0.29) is 11.6 Å². The fourth-order valence-corrected chi connectivity index (χ4v) is 3.17. The summed E-state index contributed by atoms with van der Waals surface area (Å²) < 4.78 is 13.0. The van der Waals surface area contributed by atoms with Crippen molar-refractivity contribution in [1.29, 1.82) is 0 Å². The monoisotopic (exact) mass is 361 g/mol. The summed E-state index contributed by atoms with van der Waals surface area (Å²) in [6.07, 6.45) is 0. The molecule has 3 rings (SSSR count). The summed E-state index contributed by atoms with van der Waals surface area (Å²) in [6.45, 7) is 1.88. The first kappa shape index (κ1) is 16.4. The minimum atomic E-state index is -0.400. The van der Waals surface area contributed by atoms with Gasteiger partial charge >= 0.3 is 0 Å². The molecule has 0 atom stereocenters. The number of anilines is 3. The molecule has 0 saturated heterocycles. The highest BCUT2D eigenvalue weighted by atomic mass is 35.5. The van der Waals surface area contributed by atoms with Gasteiger partial charge in [-0.3, -0.25) is 4.79 Å². The molecule has 0 aliphatic rings. The van der Waals surface area contributed by atoms with Gasteiger partial charge in [0, 0.05) is 16.3 Å². The lowest BCUT2D eigenvalue weighted by atomic mass is 10.1. The SMILES string of the molecule is Cc1c(Cl)cccc1Nc1nc(N)c(C(=O)c2ccc(F)cc2)s1. The summed E-state index contributed by atoms with van der Waals surface area (Å²) in [5.74, 6) is -0.556. The van der Waals surface area contributed by atoms with Crippen LogP contribution in [-0.4, -0.2) is 10.8 Å². The van der Waals surface area contributed by atoms with Gasteiger partial charge in [0.2, 0.25) is 5.78 Å². The Labute approximate surface area is 147 Å². The Hall–Kier alpha value is -2.44. The maximum Gasteiger partial charge on any atom is 0.206 e. The zero-order valence-electron chi connectivity index (χ0n) is 12.6. The first-order chi connectivity index (χ1) is 11.5. The van der Waals surface area contributed by atoms with Gasteiger partial charge in [-0.1, -0.05) is 29.0 Å². The number of aromatic nitrogens is 1. The van der Waals surface area contributed by atoms with E-state index >= 15 is 0 Å². The lowest BCUT2D eigenvalue weighted by molar-refractivity contribution is 0.104. The number of ketones is 1. The van der Waals surface area contributed by atoms with Gasteiger partial charge in [-0.25, -0.2) is 9.37 Å². The predicted octanol–water partition coefficient (Wildman–Crippen LogP) is 4.80. The third kappa shape index (κ3) is 3.25. The number of nitrogens with zero attached hydrogens (tertiary/aromatic N) is 1. The second kappa shape index (κ2) is 6.59. The zero-order valence-corrected chi connectivity index (χ0v) is 14.2. The molecule has 3 aromatic rings. The topological polar surface area (TPSA) is 68.0 Å². The Kier molecular flexibility index (Phi) is 4.51. The van der Waals surface area contributed by atoms with Crippen LogP contribution in [0.4, 0.5) is 21.0 Å². The Morgan fingerprint density at radius 3 is 2.67 bits per heavy atom. The third-order valence-electron chi connectivity index (χ3n) is 3.48. The van der Waals surface area contributed by atoms with Crippen LogP contribution in [0.1, 0.15) is 20.8 Å². The number of thiazole rings is 1. The highest BCUT2D eigenvalue weighted by molar-refractivity contribution is 7.18. The molecule has 0 bridgehead atoms. The summed E-state index contributed by atoms with van der Waals surface area (Å²) >= 11 is 7.24. The van der Waals surface area contributed by atoms with Crippen LogP contribution in [0, 0.1) is 12.7 Å². The number of carbonyl (C=O) groups is 1. The Balaban J connectivity index is 1.89. The fraction of sp³-hybridized carbons (Fsp3) is 0.0588. The zero-order chi connectivity index (χ0) is 17.3. The van der Waals surface area contributed by atoms with Crippen molar-refractivity contribution < 1.29 is 9.18 Å². The molecule has 1 aromatic heterocycles. The van der Waals surface area contributed by atoms with E-state index < -0.39 is 5.82 Å². The number of hydrogen-bond acceptors (Lipinski definition) is 5. The van der Waals surface area contributed by atoms with Gasteiger partial charge in [-0.05, 0) is 48.9 Å². The van der Waals surface area contributed by atoms with Crippen molar-refractivity contribution in [2.45, 2.75) is 6.92 Å². The average Bonchev–Trinajstić information content (AvgIpc) is 2.92. The van der Waals surface area contributed by atoms with E-state index in [1.165, 1.54) is 24.3 Å². The number of nitrogen functional groups attached to an aromatic ring is 1. The number of hydrogen-bond donors (Lipinski definition) is 2. The predicted molar refractivity (Wildman–Crippen MR) is 95.8 cm³/mol. The highest BCUT2D eigenvalue weighted by Crippen LogP contribution is 2.32. The second-order valence-electron chi connectivity index (χ2n) is 5.11. The summed E-state index contributed by atoms with van der Waals surface area (Å²) in [5, 5.41) is 4.24. The molecular weight excluding hydrogens is 349 g/mol. The molecule has 0 fully saturated rings. The number of nitrogens with one attached hydrogen (secondary N) is 1. The van der Waals surface area contributed by atoms with Crippen LogP contribution in [0.2, 0.25) is 5.02 Å². The van der Waals surface area contributed by atoms with Crippen molar-refractivity contribution in [3.05, 3.63) is 69.3 Å². The van der Waals surface area contributed by atoms with Crippen LogP contribution in [0.25, 0.3) is 0 Å². The lowest BCUT2D eigenvalue weighted by Gasteiger charge is -2.07. The van der Waals surface area contributed by atoms with E-state index in [0.29, 0.717) is 20.6 Å². The summed E-state index contributed by atoms with van der Waals surface area (Å²) in [7, 11) is 0.